The summed E-state index contributed by atoms with van der Waals surface area (Å²) in [7, 11) is 0. The topological polar surface area (TPSA) is 72.5 Å². The molecule has 6 heteroatoms. The maximum atomic E-state index is 13.5. The third-order valence-corrected chi connectivity index (χ3v) is 2.08. The Hall–Kier alpha value is -1.33. The van der Waals surface area contributed by atoms with E-state index in [1.807, 2.05) is 0 Å². The van der Waals surface area contributed by atoms with Crippen molar-refractivity contribution in [1.29, 1.82) is 0 Å². The molecule has 0 heterocycles. The van der Waals surface area contributed by atoms with Gasteiger partial charge >= 0.3 is 5.97 Å². The molecule has 4 nitrogen and oxygen atoms in total. The number of benzene rings is 1. The largest absolute Gasteiger partial charge is 0.508 e. The summed E-state index contributed by atoms with van der Waals surface area (Å²) >= 11 is 0. The van der Waals surface area contributed by atoms with Crippen molar-refractivity contribution in [3.8, 4) is 5.75 Å². The predicted octanol–water partition coefficient (Wildman–Crippen LogP) is 1.71. The van der Waals surface area contributed by atoms with Gasteiger partial charge in [0.25, 0.3) is 0 Å². The molecule has 0 fully saturated rings. The molecule has 0 aliphatic heterocycles. The smallest absolute Gasteiger partial charge is 0.342 e. The normalized spacial score (nSPS) is 13.4. The van der Waals surface area contributed by atoms with Gasteiger partial charge in [-0.3, -0.25) is 0 Å². The third-order valence-electron chi connectivity index (χ3n) is 2.08. The molecule has 3 N–H and O–H groups in total. The first-order valence-electron chi connectivity index (χ1n) is 4.91. The van der Waals surface area contributed by atoms with Gasteiger partial charge in [-0.15, -0.1) is 12.4 Å². The van der Waals surface area contributed by atoms with Crippen molar-refractivity contribution < 1.29 is 19.0 Å². The van der Waals surface area contributed by atoms with Crippen LogP contribution in [-0.2, 0) is 9.53 Å². The number of carbonyl (C=O) groups excluding carboxylic acids is 1. The average Bonchev–Trinajstić information content (AvgIpc) is 2.27. The van der Waals surface area contributed by atoms with Gasteiger partial charge in [0.2, 0.25) is 6.17 Å². The molecule has 0 saturated heterocycles. The van der Waals surface area contributed by atoms with Crippen LogP contribution in [-0.4, -0.2) is 23.9 Å². The van der Waals surface area contributed by atoms with Crippen molar-refractivity contribution in [2.75, 3.05) is 6.61 Å². The predicted molar refractivity (Wildman–Crippen MR) is 63.8 cm³/mol. The van der Waals surface area contributed by atoms with Crippen LogP contribution in [0.2, 0.25) is 0 Å². The Labute approximate surface area is 105 Å². The van der Waals surface area contributed by atoms with Gasteiger partial charge in [0.15, 0.2) is 0 Å². The molecular formula is C11H15ClFNO3. The summed E-state index contributed by atoms with van der Waals surface area (Å²) in [5, 5.41) is 9.19. The summed E-state index contributed by atoms with van der Waals surface area (Å²) in [6.45, 7) is 1.69. The zero-order chi connectivity index (χ0) is 12.1. The molecule has 0 spiro atoms. The Kier molecular flexibility index (Phi) is 6.53. The van der Waals surface area contributed by atoms with Crippen LogP contribution >= 0.6 is 12.4 Å². The lowest BCUT2D eigenvalue weighted by Gasteiger charge is -2.15. The van der Waals surface area contributed by atoms with Gasteiger partial charge in [-0.2, -0.15) is 0 Å². The minimum atomic E-state index is -1.93. The Bertz CT molecular complexity index is 375. The number of ether oxygens (including phenoxy) is 1. The molecule has 1 aromatic carbocycles. The van der Waals surface area contributed by atoms with E-state index < -0.39 is 18.2 Å². The first-order valence-corrected chi connectivity index (χ1v) is 4.91. The van der Waals surface area contributed by atoms with Gasteiger partial charge in [0.05, 0.1) is 12.6 Å². The van der Waals surface area contributed by atoms with Crippen molar-refractivity contribution >= 4 is 18.4 Å². The number of halogens is 2. The summed E-state index contributed by atoms with van der Waals surface area (Å²) in [5.41, 5.74) is 5.90. The lowest BCUT2D eigenvalue weighted by molar-refractivity contribution is -0.149. The number of nitrogens with two attached hydrogens (primary N) is 1. The molecule has 17 heavy (non-hydrogen) atoms. The third kappa shape index (κ3) is 4.20. The van der Waals surface area contributed by atoms with E-state index >= 15 is 0 Å². The van der Waals surface area contributed by atoms with Crippen molar-refractivity contribution in [3.05, 3.63) is 29.8 Å². The van der Waals surface area contributed by atoms with E-state index in [1.54, 1.807) is 6.92 Å². The molecule has 0 amide bonds. The fourth-order valence-electron chi connectivity index (χ4n) is 1.27. The van der Waals surface area contributed by atoms with E-state index in [9.17, 15) is 14.3 Å². The van der Waals surface area contributed by atoms with Gasteiger partial charge in [0.1, 0.15) is 5.75 Å². The van der Waals surface area contributed by atoms with Crippen LogP contribution in [0.3, 0.4) is 0 Å². The van der Waals surface area contributed by atoms with E-state index in [0.29, 0.717) is 5.56 Å². The highest BCUT2D eigenvalue weighted by atomic mass is 35.5. The van der Waals surface area contributed by atoms with Crippen LogP contribution in [0.15, 0.2) is 24.3 Å². The second-order valence-electron chi connectivity index (χ2n) is 3.27. The van der Waals surface area contributed by atoms with Crippen LogP contribution in [0.4, 0.5) is 4.39 Å². The first-order chi connectivity index (χ1) is 7.56. The van der Waals surface area contributed by atoms with Gasteiger partial charge in [-0.05, 0) is 24.6 Å². The second-order valence-corrected chi connectivity index (χ2v) is 3.27. The van der Waals surface area contributed by atoms with Crippen LogP contribution in [0.25, 0.3) is 0 Å². The van der Waals surface area contributed by atoms with Crippen LogP contribution in [0.5, 0.6) is 5.75 Å². The van der Waals surface area contributed by atoms with Gasteiger partial charge < -0.3 is 15.6 Å². The molecule has 0 aromatic heterocycles. The fourth-order valence-corrected chi connectivity index (χ4v) is 1.27. The van der Waals surface area contributed by atoms with E-state index in [2.05, 4.69) is 4.74 Å². The van der Waals surface area contributed by atoms with Gasteiger partial charge in [-0.1, -0.05) is 12.1 Å². The molecule has 1 rings (SSSR count). The standard InChI is InChI=1S/C11H14FNO3.ClH/c1-2-16-11(15)9(12)10(13)7-4-3-5-8(14)6-7;/h3-6,9-10,14H,2,13H2,1H3;1H/t9?,10-;/m0./s1. The maximum Gasteiger partial charge on any atom is 0.342 e. The number of phenolic OH excluding ortho intramolecular Hbond substituents is 1. The highest BCUT2D eigenvalue weighted by Crippen LogP contribution is 2.21. The maximum absolute atomic E-state index is 13.5. The number of hydrogen-bond donors (Lipinski definition) is 2. The number of hydrogen-bond acceptors (Lipinski definition) is 4. The Morgan fingerprint density at radius 2 is 2.24 bits per heavy atom. The summed E-state index contributed by atoms with van der Waals surface area (Å²) in [5.74, 6) is -1.01. The number of alkyl halides is 1. The summed E-state index contributed by atoms with van der Waals surface area (Å²) < 4.78 is 18.0. The molecule has 0 bridgehead atoms. The lowest BCUT2D eigenvalue weighted by Crippen LogP contribution is -2.31. The summed E-state index contributed by atoms with van der Waals surface area (Å²) in [6.07, 6.45) is -1.93. The van der Waals surface area contributed by atoms with E-state index in [4.69, 9.17) is 5.73 Å². The molecule has 2 atom stereocenters. The number of carbonyl (C=O) groups is 1. The molecule has 0 radical (unpaired) electrons. The SMILES string of the molecule is CCOC(=O)C(F)[C@@H](N)c1cccc(O)c1.Cl. The Morgan fingerprint density at radius 3 is 2.76 bits per heavy atom. The van der Waals surface area contributed by atoms with Crippen molar-refractivity contribution in [3.63, 3.8) is 0 Å². The minimum absolute atomic E-state index is 0. The van der Waals surface area contributed by atoms with E-state index in [0.717, 1.165) is 0 Å². The number of esters is 1. The molecular weight excluding hydrogens is 249 g/mol. The zero-order valence-electron chi connectivity index (χ0n) is 9.30. The number of aromatic hydroxyl groups is 1. The van der Waals surface area contributed by atoms with Crippen LogP contribution in [0, 0.1) is 0 Å². The van der Waals surface area contributed by atoms with Crippen molar-refractivity contribution in [2.45, 2.75) is 19.1 Å². The van der Waals surface area contributed by atoms with Crippen molar-refractivity contribution in [2.24, 2.45) is 5.73 Å². The van der Waals surface area contributed by atoms with Crippen molar-refractivity contribution in [1.82, 2.24) is 0 Å². The minimum Gasteiger partial charge on any atom is -0.508 e. The van der Waals surface area contributed by atoms with Gasteiger partial charge in [-0.25, -0.2) is 9.18 Å². The number of phenols is 1. The van der Waals surface area contributed by atoms with E-state index in [-0.39, 0.29) is 24.8 Å². The molecule has 96 valence electrons. The Balaban J connectivity index is 0.00000256. The molecule has 0 saturated carbocycles. The zero-order valence-corrected chi connectivity index (χ0v) is 10.1. The molecule has 1 aromatic rings. The highest BCUT2D eigenvalue weighted by Gasteiger charge is 2.27. The second kappa shape index (κ2) is 7.09. The quantitative estimate of drug-likeness (QED) is 0.812. The highest BCUT2D eigenvalue weighted by molar-refractivity contribution is 5.85. The lowest BCUT2D eigenvalue weighted by atomic mass is 10.0. The first kappa shape index (κ1) is 15.7. The van der Waals surface area contributed by atoms with E-state index in [1.165, 1.54) is 24.3 Å². The van der Waals surface area contributed by atoms with Gasteiger partial charge in [0, 0.05) is 0 Å². The number of rotatable bonds is 4. The summed E-state index contributed by atoms with van der Waals surface area (Å²) in [6, 6.07) is 4.69. The fraction of sp³-hybridized carbons (Fsp3) is 0.364. The molecule has 0 aliphatic rings. The van der Waals surface area contributed by atoms with Crippen LogP contribution in [0.1, 0.15) is 18.5 Å². The summed E-state index contributed by atoms with van der Waals surface area (Å²) in [4.78, 5) is 11.1. The van der Waals surface area contributed by atoms with Crippen LogP contribution < -0.4 is 5.73 Å². The Morgan fingerprint density at radius 1 is 1.59 bits per heavy atom. The average molecular weight is 264 g/mol. The monoisotopic (exact) mass is 263 g/mol. The molecule has 0 aliphatic carbocycles. The molecule has 1 unspecified atom stereocenters.